The molecule has 0 atom stereocenters. The van der Waals surface area contributed by atoms with Gasteiger partial charge in [0.2, 0.25) is 5.91 Å². The lowest BCUT2D eigenvalue weighted by Crippen LogP contribution is -2.33. The van der Waals surface area contributed by atoms with Crippen LogP contribution in [0, 0.1) is 10.1 Å². The second kappa shape index (κ2) is 7.14. The Balaban J connectivity index is 2.20. The number of nitrogens with zero attached hydrogens (tertiary/aromatic N) is 2. The van der Waals surface area contributed by atoms with Crippen molar-refractivity contribution < 1.29 is 19.6 Å². The fraction of sp³-hybridized carbons (Fsp3) is 0.500. The molecule has 21 heavy (non-hydrogen) atoms. The number of hydrogen-bond donors (Lipinski definition) is 1. The maximum Gasteiger partial charge on any atom is 0.269 e. The summed E-state index contributed by atoms with van der Waals surface area (Å²) >= 11 is 0. The van der Waals surface area contributed by atoms with Crippen LogP contribution in [0.2, 0.25) is 0 Å². The van der Waals surface area contributed by atoms with Gasteiger partial charge in [-0.2, -0.15) is 0 Å². The third kappa shape index (κ3) is 3.77. The van der Waals surface area contributed by atoms with Crippen molar-refractivity contribution in [1.82, 2.24) is 0 Å². The molecule has 0 unspecified atom stereocenters. The lowest BCUT2D eigenvalue weighted by Gasteiger charge is -2.22. The molecule has 0 radical (unpaired) electrons. The van der Waals surface area contributed by atoms with Gasteiger partial charge in [0.1, 0.15) is 0 Å². The number of non-ortho nitro benzene ring substituents is 1. The number of aliphatic hydroxyl groups is 1. The number of nitro benzene ring substituents is 1. The highest BCUT2D eigenvalue weighted by molar-refractivity contribution is 5.95. The number of aryl methyl sites for hydroxylation is 1. The Bertz CT molecular complexity index is 532. The van der Waals surface area contributed by atoms with Gasteiger partial charge < -0.3 is 14.7 Å². The third-order valence-corrected chi connectivity index (χ3v) is 3.40. The summed E-state index contributed by atoms with van der Waals surface area (Å²) in [4.78, 5) is 24.2. The standard InChI is InChI=1S/C14H18N2O5/c17-7-9-21-8-6-15-13-5-4-12(16(19)20)10-11(13)2-1-3-14(15)18/h4-5,10,17H,1-3,6-9H2. The van der Waals surface area contributed by atoms with E-state index in [2.05, 4.69) is 0 Å². The minimum atomic E-state index is -0.429. The van der Waals surface area contributed by atoms with E-state index in [4.69, 9.17) is 9.84 Å². The first-order chi connectivity index (χ1) is 10.1. The molecule has 0 bridgehead atoms. The smallest absolute Gasteiger partial charge is 0.269 e. The van der Waals surface area contributed by atoms with Crippen LogP contribution in [0.5, 0.6) is 0 Å². The summed E-state index contributed by atoms with van der Waals surface area (Å²) in [7, 11) is 0. The van der Waals surface area contributed by atoms with Gasteiger partial charge in [-0.25, -0.2) is 0 Å². The fourth-order valence-corrected chi connectivity index (χ4v) is 2.42. The molecule has 1 amide bonds. The van der Waals surface area contributed by atoms with Gasteiger partial charge in [-0.1, -0.05) is 0 Å². The predicted octanol–water partition coefficient (Wildman–Crippen LogP) is 1.27. The molecule has 2 rings (SSSR count). The normalized spacial score (nSPS) is 14.7. The van der Waals surface area contributed by atoms with Gasteiger partial charge in [-0.3, -0.25) is 14.9 Å². The molecule has 0 saturated heterocycles. The van der Waals surface area contributed by atoms with Crippen LogP contribution in [-0.4, -0.2) is 42.3 Å². The molecule has 1 aromatic carbocycles. The van der Waals surface area contributed by atoms with Crippen molar-refractivity contribution in [2.24, 2.45) is 0 Å². The molecule has 0 spiro atoms. The molecule has 1 aromatic rings. The van der Waals surface area contributed by atoms with E-state index in [1.54, 1.807) is 11.0 Å². The summed E-state index contributed by atoms with van der Waals surface area (Å²) in [6, 6.07) is 4.58. The van der Waals surface area contributed by atoms with E-state index in [1.807, 2.05) is 0 Å². The highest BCUT2D eigenvalue weighted by Crippen LogP contribution is 2.30. The van der Waals surface area contributed by atoms with Crippen molar-refractivity contribution in [1.29, 1.82) is 0 Å². The van der Waals surface area contributed by atoms with Gasteiger partial charge in [-0.15, -0.1) is 0 Å². The van der Waals surface area contributed by atoms with Crippen LogP contribution in [0.25, 0.3) is 0 Å². The molecule has 1 aliphatic heterocycles. The minimum Gasteiger partial charge on any atom is -0.394 e. The average molecular weight is 294 g/mol. The molecule has 1 heterocycles. The van der Waals surface area contributed by atoms with E-state index in [9.17, 15) is 14.9 Å². The monoisotopic (exact) mass is 294 g/mol. The number of rotatable bonds is 6. The zero-order valence-corrected chi connectivity index (χ0v) is 11.7. The summed E-state index contributed by atoms with van der Waals surface area (Å²) in [5, 5.41) is 19.5. The Morgan fingerprint density at radius 2 is 2.14 bits per heavy atom. The molecule has 0 aromatic heterocycles. The van der Waals surface area contributed by atoms with E-state index in [0.717, 1.165) is 11.3 Å². The topological polar surface area (TPSA) is 92.9 Å². The molecule has 0 aliphatic carbocycles. The quantitative estimate of drug-likeness (QED) is 0.484. The van der Waals surface area contributed by atoms with Crippen LogP contribution in [0.4, 0.5) is 11.4 Å². The Hall–Kier alpha value is -1.99. The first-order valence-corrected chi connectivity index (χ1v) is 6.90. The van der Waals surface area contributed by atoms with Crippen LogP contribution in [0.15, 0.2) is 18.2 Å². The highest BCUT2D eigenvalue weighted by atomic mass is 16.6. The summed E-state index contributed by atoms with van der Waals surface area (Å²) in [6.45, 7) is 0.873. The predicted molar refractivity (Wildman–Crippen MR) is 76.3 cm³/mol. The molecule has 0 fully saturated rings. The summed E-state index contributed by atoms with van der Waals surface area (Å²) in [6.07, 6.45) is 1.75. The second-order valence-electron chi connectivity index (χ2n) is 4.81. The van der Waals surface area contributed by atoms with E-state index >= 15 is 0 Å². The molecule has 7 heteroatoms. The largest absolute Gasteiger partial charge is 0.394 e. The van der Waals surface area contributed by atoms with Gasteiger partial charge in [0.25, 0.3) is 5.69 Å². The Kier molecular flexibility index (Phi) is 5.24. The third-order valence-electron chi connectivity index (χ3n) is 3.40. The molecule has 1 aliphatic rings. The van der Waals surface area contributed by atoms with E-state index in [-0.39, 0.29) is 24.8 Å². The van der Waals surface area contributed by atoms with Crippen LogP contribution in [0.1, 0.15) is 18.4 Å². The maximum absolute atomic E-state index is 12.1. The van der Waals surface area contributed by atoms with Crippen molar-refractivity contribution in [3.63, 3.8) is 0 Å². The maximum atomic E-state index is 12.1. The van der Waals surface area contributed by atoms with Crippen molar-refractivity contribution in [2.75, 3.05) is 31.3 Å². The lowest BCUT2D eigenvalue weighted by molar-refractivity contribution is -0.384. The van der Waals surface area contributed by atoms with Crippen molar-refractivity contribution in [3.05, 3.63) is 33.9 Å². The van der Waals surface area contributed by atoms with E-state index < -0.39 is 4.92 Å². The number of aliphatic hydroxyl groups excluding tert-OH is 1. The Labute approximate surface area is 122 Å². The highest BCUT2D eigenvalue weighted by Gasteiger charge is 2.23. The number of carbonyl (C=O) groups is 1. The Morgan fingerprint density at radius 1 is 1.33 bits per heavy atom. The molecule has 1 N–H and O–H groups in total. The number of carbonyl (C=O) groups excluding carboxylic acids is 1. The van der Waals surface area contributed by atoms with Gasteiger partial charge >= 0.3 is 0 Å². The van der Waals surface area contributed by atoms with E-state index in [0.29, 0.717) is 32.4 Å². The molecule has 7 nitrogen and oxygen atoms in total. The van der Waals surface area contributed by atoms with Crippen LogP contribution in [0.3, 0.4) is 0 Å². The Morgan fingerprint density at radius 3 is 2.86 bits per heavy atom. The van der Waals surface area contributed by atoms with Crippen molar-refractivity contribution >= 4 is 17.3 Å². The van der Waals surface area contributed by atoms with Gasteiger partial charge in [0.15, 0.2) is 0 Å². The number of amides is 1. The first kappa shape index (κ1) is 15.4. The number of ether oxygens (including phenoxy) is 1. The summed E-state index contributed by atoms with van der Waals surface area (Å²) in [5.41, 5.74) is 1.58. The average Bonchev–Trinajstić information content (AvgIpc) is 2.62. The number of nitro groups is 1. The summed E-state index contributed by atoms with van der Waals surface area (Å²) in [5.74, 6) is -0.00444. The number of anilines is 1. The molecular formula is C14H18N2O5. The van der Waals surface area contributed by atoms with Crippen LogP contribution >= 0.6 is 0 Å². The number of hydrogen-bond acceptors (Lipinski definition) is 5. The number of benzene rings is 1. The van der Waals surface area contributed by atoms with E-state index in [1.165, 1.54) is 12.1 Å². The minimum absolute atomic E-state index is 0.00444. The summed E-state index contributed by atoms with van der Waals surface area (Å²) < 4.78 is 5.20. The SMILES string of the molecule is O=C1CCCc2cc([N+](=O)[O-])ccc2N1CCOCCO. The van der Waals surface area contributed by atoms with Crippen molar-refractivity contribution in [2.45, 2.75) is 19.3 Å². The zero-order chi connectivity index (χ0) is 15.2. The molecule has 0 saturated carbocycles. The first-order valence-electron chi connectivity index (χ1n) is 6.90. The molecule has 114 valence electrons. The lowest BCUT2D eigenvalue weighted by atomic mass is 10.1. The van der Waals surface area contributed by atoms with Gasteiger partial charge in [-0.05, 0) is 24.5 Å². The second-order valence-corrected chi connectivity index (χ2v) is 4.81. The zero-order valence-electron chi connectivity index (χ0n) is 11.7. The van der Waals surface area contributed by atoms with Gasteiger partial charge in [0, 0.05) is 30.8 Å². The van der Waals surface area contributed by atoms with Crippen LogP contribution in [-0.2, 0) is 16.0 Å². The van der Waals surface area contributed by atoms with Gasteiger partial charge in [0.05, 0.1) is 24.7 Å². The van der Waals surface area contributed by atoms with Crippen molar-refractivity contribution in [3.8, 4) is 0 Å². The number of fused-ring (bicyclic) bond motifs is 1. The van der Waals surface area contributed by atoms with Crippen LogP contribution < -0.4 is 4.90 Å². The molecular weight excluding hydrogens is 276 g/mol. The fourth-order valence-electron chi connectivity index (χ4n) is 2.42.